The highest BCUT2D eigenvalue weighted by Crippen LogP contribution is 2.28. The number of nitrogens with two attached hydrogens (primary N) is 1. The summed E-state index contributed by atoms with van der Waals surface area (Å²) in [5, 5.41) is 5.90. The standard InChI is InChI=1S/C17H23N3O2S/c1-12(2)6-7-22-15-5-4-13(8-16(15)21-3)9-19-10-14-11-23-17(18)20-14/h4-6,8,11,19H,7,9-10H2,1-3H3,(H2,18,20). The topological polar surface area (TPSA) is 69.4 Å². The fourth-order valence-corrected chi connectivity index (χ4v) is 2.54. The Balaban J connectivity index is 1.91. The van der Waals surface area contributed by atoms with Crippen LogP contribution in [0.25, 0.3) is 0 Å². The zero-order chi connectivity index (χ0) is 16.7. The second-order valence-corrected chi connectivity index (χ2v) is 6.25. The van der Waals surface area contributed by atoms with Gasteiger partial charge < -0.3 is 20.5 Å². The number of hydrogen-bond acceptors (Lipinski definition) is 6. The number of aromatic nitrogens is 1. The minimum Gasteiger partial charge on any atom is -0.493 e. The lowest BCUT2D eigenvalue weighted by Crippen LogP contribution is -2.13. The first-order chi connectivity index (χ1) is 11.1. The molecule has 0 spiro atoms. The van der Waals surface area contributed by atoms with E-state index in [9.17, 15) is 0 Å². The fraction of sp³-hybridized carbons (Fsp3) is 0.353. The molecule has 3 N–H and O–H groups in total. The molecular weight excluding hydrogens is 310 g/mol. The first kappa shape index (κ1) is 17.3. The predicted molar refractivity (Wildman–Crippen MR) is 95.0 cm³/mol. The lowest BCUT2D eigenvalue weighted by Gasteiger charge is -2.11. The van der Waals surface area contributed by atoms with E-state index < -0.39 is 0 Å². The van der Waals surface area contributed by atoms with Crippen molar-refractivity contribution >= 4 is 16.5 Å². The lowest BCUT2D eigenvalue weighted by molar-refractivity contribution is 0.325. The van der Waals surface area contributed by atoms with Gasteiger partial charge in [-0.3, -0.25) is 0 Å². The van der Waals surface area contributed by atoms with Gasteiger partial charge in [0.15, 0.2) is 16.6 Å². The molecule has 1 aromatic heterocycles. The third-order valence-electron chi connectivity index (χ3n) is 3.16. The van der Waals surface area contributed by atoms with Gasteiger partial charge in [-0.15, -0.1) is 11.3 Å². The summed E-state index contributed by atoms with van der Waals surface area (Å²) in [5.41, 5.74) is 8.93. The number of rotatable bonds is 8. The number of benzene rings is 1. The number of methoxy groups -OCH3 is 1. The molecule has 6 heteroatoms. The molecule has 0 amide bonds. The van der Waals surface area contributed by atoms with Crippen LogP contribution >= 0.6 is 11.3 Å². The van der Waals surface area contributed by atoms with Gasteiger partial charge in [0.1, 0.15) is 6.61 Å². The van der Waals surface area contributed by atoms with Gasteiger partial charge in [-0.05, 0) is 37.6 Å². The molecule has 0 saturated heterocycles. The van der Waals surface area contributed by atoms with Crippen molar-refractivity contribution in [3.8, 4) is 11.5 Å². The van der Waals surface area contributed by atoms with E-state index in [0.717, 1.165) is 29.3 Å². The Bertz CT molecular complexity index is 664. The van der Waals surface area contributed by atoms with Gasteiger partial charge in [0, 0.05) is 18.5 Å². The van der Waals surface area contributed by atoms with E-state index in [1.807, 2.05) is 43.5 Å². The zero-order valence-corrected chi connectivity index (χ0v) is 14.6. The molecule has 2 rings (SSSR count). The Kier molecular flexibility index (Phi) is 6.43. The molecule has 23 heavy (non-hydrogen) atoms. The number of hydrogen-bond donors (Lipinski definition) is 2. The van der Waals surface area contributed by atoms with E-state index in [1.165, 1.54) is 16.9 Å². The maximum atomic E-state index is 5.73. The van der Waals surface area contributed by atoms with Crippen LogP contribution in [0.1, 0.15) is 25.1 Å². The Hall–Kier alpha value is -2.05. The van der Waals surface area contributed by atoms with Crippen molar-refractivity contribution in [1.29, 1.82) is 0 Å². The molecule has 0 bridgehead atoms. The first-order valence-corrected chi connectivity index (χ1v) is 8.30. The van der Waals surface area contributed by atoms with Crippen LogP contribution in [0.4, 0.5) is 5.13 Å². The normalized spacial score (nSPS) is 10.4. The van der Waals surface area contributed by atoms with Gasteiger partial charge in [-0.2, -0.15) is 0 Å². The van der Waals surface area contributed by atoms with E-state index in [0.29, 0.717) is 18.3 Å². The smallest absolute Gasteiger partial charge is 0.180 e. The van der Waals surface area contributed by atoms with Crippen molar-refractivity contribution in [2.75, 3.05) is 19.5 Å². The molecule has 1 aromatic carbocycles. The maximum Gasteiger partial charge on any atom is 0.180 e. The van der Waals surface area contributed by atoms with Crippen LogP contribution in [-0.4, -0.2) is 18.7 Å². The van der Waals surface area contributed by atoms with Crippen LogP contribution in [0.5, 0.6) is 11.5 Å². The summed E-state index contributed by atoms with van der Waals surface area (Å²) in [6.45, 7) is 6.05. The predicted octanol–water partition coefficient (Wildman–Crippen LogP) is 3.37. The van der Waals surface area contributed by atoms with Crippen LogP contribution in [0, 0.1) is 0 Å². The third-order valence-corrected chi connectivity index (χ3v) is 3.89. The molecule has 0 saturated carbocycles. The number of allylic oxidation sites excluding steroid dienone is 1. The highest BCUT2D eigenvalue weighted by Gasteiger charge is 2.06. The SMILES string of the molecule is COc1cc(CNCc2csc(N)n2)ccc1OCC=C(C)C. The fourth-order valence-electron chi connectivity index (χ4n) is 1.98. The summed E-state index contributed by atoms with van der Waals surface area (Å²) in [6, 6.07) is 5.96. The molecule has 0 fully saturated rings. The monoisotopic (exact) mass is 333 g/mol. The average Bonchev–Trinajstić information content (AvgIpc) is 2.93. The molecule has 0 aliphatic carbocycles. The maximum absolute atomic E-state index is 5.73. The summed E-state index contributed by atoms with van der Waals surface area (Å²) < 4.78 is 11.1. The minimum atomic E-state index is 0.543. The van der Waals surface area contributed by atoms with E-state index in [-0.39, 0.29) is 0 Å². The Labute approximate surface area is 141 Å². The first-order valence-electron chi connectivity index (χ1n) is 7.42. The van der Waals surface area contributed by atoms with Gasteiger partial charge in [0.2, 0.25) is 0 Å². The van der Waals surface area contributed by atoms with Crippen molar-refractivity contribution in [3.05, 3.63) is 46.5 Å². The quantitative estimate of drug-likeness (QED) is 0.725. The van der Waals surface area contributed by atoms with E-state index in [4.69, 9.17) is 15.2 Å². The average molecular weight is 333 g/mol. The molecule has 0 aliphatic rings. The summed E-state index contributed by atoms with van der Waals surface area (Å²) in [7, 11) is 1.65. The highest BCUT2D eigenvalue weighted by molar-refractivity contribution is 7.13. The molecule has 0 radical (unpaired) electrons. The molecule has 1 heterocycles. The van der Waals surface area contributed by atoms with Crippen molar-refractivity contribution in [2.24, 2.45) is 0 Å². The second kappa shape index (κ2) is 8.55. The number of nitrogens with zero attached hydrogens (tertiary/aromatic N) is 1. The minimum absolute atomic E-state index is 0.543. The summed E-state index contributed by atoms with van der Waals surface area (Å²) in [5.74, 6) is 1.49. The molecule has 124 valence electrons. The highest BCUT2D eigenvalue weighted by atomic mass is 32.1. The van der Waals surface area contributed by atoms with Gasteiger partial charge in [0.05, 0.1) is 12.8 Å². The van der Waals surface area contributed by atoms with Crippen molar-refractivity contribution in [2.45, 2.75) is 26.9 Å². The Morgan fingerprint density at radius 1 is 1.30 bits per heavy atom. The summed E-state index contributed by atoms with van der Waals surface area (Å²) >= 11 is 1.45. The third kappa shape index (κ3) is 5.58. The number of ether oxygens (including phenoxy) is 2. The largest absolute Gasteiger partial charge is 0.493 e. The van der Waals surface area contributed by atoms with Crippen LogP contribution in [-0.2, 0) is 13.1 Å². The van der Waals surface area contributed by atoms with Gasteiger partial charge in [-0.25, -0.2) is 4.98 Å². The van der Waals surface area contributed by atoms with Crippen LogP contribution < -0.4 is 20.5 Å². The molecule has 2 aromatic rings. The van der Waals surface area contributed by atoms with Gasteiger partial charge in [0.25, 0.3) is 0 Å². The van der Waals surface area contributed by atoms with E-state index >= 15 is 0 Å². The van der Waals surface area contributed by atoms with Crippen LogP contribution in [0.2, 0.25) is 0 Å². The molecule has 0 unspecified atom stereocenters. The summed E-state index contributed by atoms with van der Waals surface area (Å²) in [4.78, 5) is 4.22. The van der Waals surface area contributed by atoms with Gasteiger partial charge in [-0.1, -0.05) is 11.6 Å². The van der Waals surface area contributed by atoms with Crippen LogP contribution in [0.3, 0.4) is 0 Å². The van der Waals surface area contributed by atoms with E-state index in [2.05, 4.69) is 10.3 Å². The van der Waals surface area contributed by atoms with E-state index in [1.54, 1.807) is 7.11 Å². The van der Waals surface area contributed by atoms with Gasteiger partial charge >= 0.3 is 0 Å². The van der Waals surface area contributed by atoms with Crippen molar-refractivity contribution in [3.63, 3.8) is 0 Å². The number of nitrogens with one attached hydrogen (secondary N) is 1. The Morgan fingerprint density at radius 2 is 2.13 bits per heavy atom. The molecule has 0 atom stereocenters. The molecular formula is C17H23N3O2S. The number of thiazole rings is 1. The van der Waals surface area contributed by atoms with Crippen LogP contribution in [0.15, 0.2) is 35.2 Å². The number of anilines is 1. The second-order valence-electron chi connectivity index (χ2n) is 5.36. The zero-order valence-electron chi connectivity index (χ0n) is 13.8. The van der Waals surface area contributed by atoms with Crippen molar-refractivity contribution < 1.29 is 9.47 Å². The summed E-state index contributed by atoms with van der Waals surface area (Å²) in [6.07, 6.45) is 2.04. The number of nitrogen functional groups attached to an aromatic ring is 1. The Morgan fingerprint density at radius 3 is 2.78 bits per heavy atom. The van der Waals surface area contributed by atoms with Crippen molar-refractivity contribution in [1.82, 2.24) is 10.3 Å². The lowest BCUT2D eigenvalue weighted by atomic mass is 10.2. The molecule has 5 nitrogen and oxygen atoms in total. The molecule has 0 aliphatic heterocycles.